The molecule has 1 fully saturated rings. The van der Waals surface area contributed by atoms with E-state index in [1.165, 1.54) is 12.1 Å². The smallest absolute Gasteiger partial charge is 0.407 e. The third-order valence-corrected chi connectivity index (χ3v) is 3.60. The first kappa shape index (κ1) is 15.1. The van der Waals surface area contributed by atoms with Gasteiger partial charge in [-0.1, -0.05) is 0 Å². The molecule has 114 valence electrons. The molecule has 0 saturated carbocycles. The second kappa shape index (κ2) is 5.58. The molecule has 0 aliphatic carbocycles. The summed E-state index contributed by atoms with van der Waals surface area (Å²) < 4.78 is 33.0. The lowest BCUT2D eigenvalue weighted by molar-refractivity contribution is 0.0696. The topological polar surface area (TPSA) is 145 Å². The number of amides is 1. The van der Waals surface area contributed by atoms with Gasteiger partial charge >= 0.3 is 12.1 Å². The molecule has 1 amide bonds. The summed E-state index contributed by atoms with van der Waals surface area (Å²) in [4.78, 5) is 21.2. The molecule has 2 rings (SSSR count). The monoisotopic (exact) mass is 316 g/mol. The zero-order valence-electron chi connectivity index (χ0n) is 10.6. The summed E-state index contributed by atoms with van der Waals surface area (Å²) in [7, 11) is -4.16. The van der Waals surface area contributed by atoms with Crippen molar-refractivity contribution < 1.29 is 32.6 Å². The van der Waals surface area contributed by atoms with Crippen LogP contribution in [0, 0.1) is 0 Å². The molecule has 21 heavy (non-hydrogen) atoms. The molecule has 0 aromatic heterocycles. The van der Waals surface area contributed by atoms with E-state index in [1.807, 2.05) is 0 Å². The van der Waals surface area contributed by atoms with Crippen LogP contribution in [-0.4, -0.2) is 44.8 Å². The van der Waals surface area contributed by atoms with Gasteiger partial charge in [0.25, 0.3) is 0 Å². The normalized spacial score (nSPS) is 18.0. The van der Waals surface area contributed by atoms with Gasteiger partial charge in [0.05, 0.1) is 12.1 Å². The van der Waals surface area contributed by atoms with Crippen LogP contribution in [0.4, 0.5) is 4.79 Å². The first-order valence-electron chi connectivity index (χ1n) is 5.75. The standard InChI is InChI=1S/C11H12N2O7S/c12-21(17,18)9-3-6(10(14)15)1-2-8(9)19-5-7-4-13-11(16)20-7/h1-3,7H,4-5H2,(H,13,16)(H,14,15)(H2,12,17,18). The van der Waals surface area contributed by atoms with Gasteiger partial charge in [-0.25, -0.2) is 23.1 Å². The van der Waals surface area contributed by atoms with E-state index in [2.05, 4.69) is 5.32 Å². The minimum Gasteiger partial charge on any atom is -0.488 e. The Morgan fingerprint density at radius 2 is 2.24 bits per heavy atom. The Labute approximate surface area is 119 Å². The fraction of sp³-hybridized carbons (Fsp3) is 0.273. The van der Waals surface area contributed by atoms with E-state index < -0.39 is 33.1 Å². The Kier molecular flexibility index (Phi) is 4.00. The van der Waals surface area contributed by atoms with Gasteiger partial charge in [0, 0.05) is 0 Å². The van der Waals surface area contributed by atoms with Gasteiger partial charge in [-0.15, -0.1) is 0 Å². The maximum absolute atomic E-state index is 11.5. The number of alkyl carbamates (subject to hydrolysis) is 1. The van der Waals surface area contributed by atoms with Gasteiger partial charge in [-0.05, 0) is 18.2 Å². The second-order valence-corrected chi connectivity index (χ2v) is 5.76. The van der Waals surface area contributed by atoms with E-state index >= 15 is 0 Å². The van der Waals surface area contributed by atoms with Crippen LogP contribution in [0.25, 0.3) is 0 Å². The minimum atomic E-state index is -4.16. The maximum Gasteiger partial charge on any atom is 0.407 e. The van der Waals surface area contributed by atoms with Crippen molar-refractivity contribution in [3.63, 3.8) is 0 Å². The van der Waals surface area contributed by atoms with Crippen LogP contribution >= 0.6 is 0 Å². The van der Waals surface area contributed by atoms with E-state index in [4.69, 9.17) is 19.7 Å². The van der Waals surface area contributed by atoms with Crippen LogP contribution in [0.15, 0.2) is 23.1 Å². The molecule has 1 aliphatic heterocycles. The number of hydrogen-bond donors (Lipinski definition) is 3. The molecule has 0 spiro atoms. The fourth-order valence-corrected chi connectivity index (χ4v) is 2.39. The Balaban J connectivity index is 2.22. The SMILES string of the molecule is NS(=O)(=O)c1cc(C(=O)O)ccc1OCC1CNC(=O)O1. The van der Waals surface area contributed by atoms with Crippen LogP contribution in [0.3, 0.4) is 0 Å². The van der Waals surface area contributed by atoms with Crippen molar-refractivity contribution in [2.45, 2.75) is 11.0 Å². The lowest BCUT2D eigenvalue weighted by Crippen LogP contribution is -2.23. The lowest BCUT2D eigenvalue weighted by Gasteiger charge is -2.13. The molecule has 1 unspecified atom stereocenters. The van der Waals surface area contributed by atoms with Crippen LogP contribution in [0.1, 0.15) is 10.4 Å². The van der Waals surface area contributed by atoms with E-state index in [-0.39, 0.29) is 24.5 Å². The third kappa shape index (κ3) is 3.61. The van der Waals surface area contributed by atoms with Crippen molar-refractivity contribution in [2.75, 3.05) is 13.2 Å². The number of sulfonamides is 1. The summed E-state index contributed by atoms with van der Waals surface area (Å²) in [5.41, 5.74) is -0.236. The number of carbonyl (C=O) groups excluding carboxylic acids is 1. The molecule has 9 nitrogen and oxygen atoms in total. The largest absolute Gasteiger partial charge is 0.488 e. The molecule has 10 heteroatoms. The highest BCUT2D eigenvalue weighted by Crippen LogP contribution is 2.24. The second-order valence-electron chi connectivity index (χ2n) is 4.23. The molecule has 1 heterocycles. The van der Waals surface area contributed by atoms with Gasteiger partial charge in [-0.2, -0.15) is 0 Å². The Morgan fingerprint density at radius 3 is 2.76 bits per heavy atom. The highest BCUT2D eigenvalue weighted by Gasteiger charge is 2.24. The predicted octanol–water partition coefficient (Wildman–Crippen LogP) is -0.481. The molecular formula is C11H12N2O7S. The average molecular weight is 316 g/mol. The van der Waals surface area contributed by atoms with Gasteiger partial charge < -0.3 is 19.9 Å². The zero-order chi connectivity index (χ0) is 15.6. The van der Waals surface area contributed by atoms with Gasteiger partial charge in [0.1, 0.15) is 17.3 Å². The highest BCUT2D eigenvalue weighted by atomic mass is 32.2. The predicted molar refractivity (Wildman–Crippen MR) is 68.5 cm³/mol. The van der Waals surface area contributed by atoms with Crippen molar-refractivity contribution in [3.8, 4) is 5.75 Å². The van der Waals surface area contributed by atoms with Crippen molar-refractivity contribution in [2.24, 2.45) is 5.14 Å². The fourth-order valence-electron chi connectivity index (χ4n) is 1.69. The summed E-state index contributed by atoms with van der Waals surface area (Å²) in [6, 6.07) is 3.28. The molecule has 0 bridgehead atoms. The van der Waals surface area contributed by atoms with E-state index in [0.717, 1.165) is 6.07 Å². The number of aromatic carboxylic acids is 1. The third-order valence-electron chi connectivity index (χ3n) is 2.67. The quantitative estimate of drug-likeness (QED) is 0.665. The molecule has 4 N–H and O–H groups in total. The number of carboxylic acid groups (broad SMARTS) is 1. The number of rotatable bonds is 5. The van der Waals surface area contributed by atoms with E-state index in [0.29, 0.717) is 0 Å². The number of nitrogens with two attached hydrogens (primary N) is 1. The number of carbonyl (C=O) groups is 2. The summed E-state index contributed by atoms with van der Waals surface area (Å²) >= 11 is 0. The molecule has 0 radical (unpaired) electrons. The highest BCUT2D eigenvalue weighted by molar-refractivity contribution is 7.89. The van der Waals surface area contributed by atoms with Crippen molar-refractivity contribution in [3.05, 3.63) is 23.8 Å². The number of cyclic esters (lactones) is 1. The van der Waals surface area contributed by atoms with Crippen LogP contribution in [-0.2, 0) is 14.8 Å². The van der Waals surface area contributed by atoms with Gasteiger partial charge in [-0.3, -0.25) is 0 Å². The molecule has 1 aliphatic rings. The summed E-state index contributed by atoms with van der Waals surface area (Å²) in [5.74, 6) is -1.40. The molecular weight excluding hydrogens is 304 g/mol. The number of primary sulfonamides is 1. The summed E-state index contributed by atoms with van der Waals surface area (Å²) in [6.07, 6.45) is -1.15. The molecule has 1 aromatic rings. The van der Waals surface area contributed by atoms with Crippen molar-refractivity contribution >= 4 is 22.1 Å². The molecule has 1 aromatic carbocycles. The van der Waals surface area contributed by atoms with E-state index in [9.17, 15) is 18.0 Å². The Hall–Kier alpha value is -2.33. The van der Waals surface area contributed by atoms with Crippen LogP contribution in [0.2, 0.25) is 0 Å². The van der Waals surface area contributed by atoms with Crippen molar-refractivity contribution in [1.29, 1.82) is 0 Å². The Bertz CT molecular complexity index is 686. The number of carboxylic acids is 1. The van der Waals surface area contributed by atoms with E-state index in [1.54, 1.807) is 0 Å². The average Bonchev–Trinajstić information content (AvgIpc) is 2.81. The number of ether oxygens (including phenoxy) is 2. The summed E-state index contributed by atoms with van der Waals surface area (Å²) in [6.45, 7) is 0.143. The zero-order valence-corrected chi connectivity index (χ0v) is 11.4. The van der Waals surface area contributed by atoms with Crippen LogP contribution < -0.4 is 15.2 Å². The van der Waals surface area contributed by atoms with Gasteiger partial charge in [0.2, 0.25) is 10.0 Å². The summed E-state index contributed by atoms with van der Waals surface area (Å²) in [5, 5.41) is 16.3. The van der Waals surface area contributed by atoms with Crippen molar-refractivity contribution in [1.82, 2.24) is 5.32 Å². The number of nitrogens with one attached hydrogen (secondary N) is 1. The van der Waals surface area contributed by atoms with Crippen LogP contribution in [0.5, 0.6) is 5.75 Å². The molecule has 1 saturated heterocycles. The lowest BCUT2D eigenvalue weighted by atomic mass is 10.2. The first-order valence-corrected chi connectivity index (χ1v) is 7.29. The minimum absolute atomic E-state index is 0.0896. The van der Waals surface area contributed by atoms with Gasteiger partial charge in [0.15, 0.2) is 6.10 Å². The Morgan fingerprint density at radius 1 is 1.52 bits per heavy atom. The molecule has 1 atom stereocenters. The first-order chi connectivity index (χ1) is 9.77. The number of hydrogen-bond acceptors (Lipinski definition) is 6. The number of benzene rings is 1. The maximum atomic E-state index is 11.5.